The van der Waals surface area contributed by atoms with E-state index in [0.29, 0.717) is 12.0 Å². The molecule has 0 amide bonds. The molecule has 1 aromatic heterocycles. The monoisotopic (exact) mass is 271 g/mol. The van der Waals surface area contributed by atoms with Crippen molar-refractivity contribution in [2.75, 3.05) is 25.1 Å². The molecule has 1 aromatic carbocycles. The van der Waals surface area contributed by atoms with E-state index >= 15 is 0 Å². The van der Waals surface area contributed by atoms with Gasteiger partial charge in [-0.15, -0.1) is 0 Å². The summed E-state index contributed by atoms with van der Waals surface area (Å²) >= 11 is 0. The van der Waals surface area contributed by atoms with E-state index in [2.05, 4.69) is 22.9 Å². The van der Waals surface area contributed by atoms with Crippen LogP contribution < -0.4 is 15.4 Å². The lowest BCUT2D eigenvalue weighted by molar-refractivity contribution is 0.420. The van der Waals surface area contributed by atoms with Gasteiger partial charge < -0.3 is 15.4 Å². The Bertz CT molecular complexity index is 614. The van der Waals surface area contributed by atoms with Gasteiger partial charge in [0.15, 0.2) is 0 Å². The third kappa shape index (κ3) is 2.10. The largest absolute Gasteiger partial charge is 0.496 e. The smallest absolute Gasteiger partial charge is 0.136 e. The van der Waals surface area contributed by atoms with Gasteiger partial charge >= 0.3 is 0 Å². The van der Waals surface area contributed by atoms with Crippen LogP contribution >= 0.6 is 0 Å². The SMILES string of the molecule is COc1cccc2c(N3CC(CN)CC3C)nccc12. The summed E-state index contributed by atoms with van der Waals surface area (Å²) in [7, 11) is 1.71. The molecule has 4 heteroatoms. The van der Waals surface area contributed by atoms with Gasteiger partial charge in [0.05, 0.1) is 7.11 Å². The second-order valence-electron chi connectivity index (χ2n) is 5.53. The summed E-state index contributed by atoms with van der Waals surface area (Å²) in [6.45, 7) is 3.98. The number of hydrogen-bond acceptors (Lipinski definition) is 4. The zero-order valence-corrected chi connectivity index (χ0v) is 12.0. The van der Waals surface area contributed by atoms with Crippen LogP contribution in [0.5, 0.6) is 5.75 Å². The highest BCUT2D eigenvalue weighted by molar-refractivity contribution is 5.96. The maximum absolute atomic E-state index is 5.83. The molecule has 1 fully saturated rings. The van der Waals surface area contributed by atoms with Crippen LogP contribution in [0.15, 0.2) is 30.5 Å². The Kier molecular flexibility index (Phi) is 3.49. The lowest BCUT2D eigenvalue weighted by atomic mass is 10.1. The third-order valence-electron chi connectivity index (χ3n) is 4.23. The van der Waals surface area contributed by atoms with Crippen LogP contribution in [0.3, 0.4) is 0 Å². The highest BCUT2D eigenvalue weighted by Gasteiger charge is 2.30. The lowest BCUT2D eigenvalue weighted by Gasteiger charge is -2.24. The fourth-order valence-corrected chi connectivity index (χ4v) is 3.18. The first-order valence-corrected chi connectivity index (χ1v) is 7.13. The predicted octanol–water partition coefficient (Wildman–Crippen LogP) is 2.42. The Labute approximate surface area is 119 Å². The number of rotatable bonds is 3. The number of nitrogens with two attached hydrogens (primary N) is 1. The molecule has 2 unspecified atom stereocenters. The Morgan fingerprint density at radius 3 is 2.90 bits per heavy atom. The maximum Gasteiger partial charge on any atom is 0.136 e. The maximum atomic E-state index is 5.83. The first-order valence-electron chi connectivity index (χ1n) is 7.13. The van der Waals surface area contributed by atoms with Gasteiger partial charge in [-0.2, -0.15) is 0 Å². The fraction of sp³-hybridized carbons (Fsp3) is 0.438. The molecule has 0 spiro atoms. The highest BCUT2D eigenvalue weighted by atomic mass is 16.5. The zero-order valence-electron chi connectivity index (χ0n) is 12.0. The van der Waals surface area contributed by atoms with E-state index in [0.717, 1.165) is 41.9 Å². The van der Waals surface area contributed by atoms with Crippen LogP contribution in [0.1, 0.15) is 13.3 Å². The van der Waals surface area contributed by atoms with Crippen LogP contribution in [0, 0.1) is 5.92 Å². The topological polar surface area (TPSA) is 51.4 Å². The van der Waals surface area contributed by atoms with Crippen molar-refractivity contribution in [1.29, 1.82) is 0 Å². The first kappa shape index (κ1) is 13.2. The van der Waals surface area contributed by atoms with Crippen LogP contribution in [-0.4, -0.2) is 31.2 Å². The van der Waals surface area contributed by atoms with Gasteiger partial charge in [0.2, 0.25) is 0 Å². The summed E-state index contributed by atoms with van der Waals surface area (Å²) in [6, 6.07) is 8.62. The molecule has 1 aliphatic rings. The van der Waals surface area contributed by atoms with Crippen LogP contribution in [0.4, 0.5) is 5.82 Å². The number of benzene rings is 1. The second-order valence-corrected chi connectivity index (χ2v) is 5.53. The average molecular weight is 271 g/mol. The minimum atomic E-state index is 0.479. The molecular weight excluding hydrogens is 250 g/mol. The molecule has 106 valence electrons. The number of pyridine rings is 1. The molecule has 3 rings (SSSR count). The summed E-state index contributed by atoms with van der Waals surface area (Å²) in [5.41, 5.74) is 5.83. The van der Waals surface area contributed by atoms with E-state index in [9.17, 15) is 0 Å². The molecule has 0 saturated carbocycles. The molecular formula is C16H21N3O. The van der Waals surface area contributed by atoms with Crippen molar-refractivity contribution >= 4 is 16.6 Å². The van der Waals surface area contributed by atoms with E-state index in [-0.39, 0.29) is 0 Å². The summed E-state index contributed by atoms with van der Waals surface area (Å²) in [5, 5.41) is 2.26. The number of ether oxygens (including phenoxy) is 1. The summed E-state index contributed by atoms with van der Waals surface area (Å²) in [4.78, 5) is 6.99. The van der Waals surface area contributed by atoms with Crippen molar-refractivity contribution < 1.29 is 4.74 Å². The molecule has 0 bridgehead atoms. The Balaban J connectivity index is 2.08. The van der Waals surface area contributed by atoms with Crippen LogP contribution in [-0.2, 0) is 0 Å². The minimum Gasteiger partial charge on any atom is -0.496 e. The standard InChI is InChI=1S/C16H21N3O/c1-11-8-12(9-17)10-19(11)16-14-4-3-5-15(20-2)13(14)6-7-18-16/h3-7,11-12H,8-10,17H2,1-2H3. The van der Waals surface area contributed by atoms with Gasteiger partial charge in [-0.1, -0.05) is 12.1 Å². The molecule has 2 heterocycles. The fourth-order valence-electron chi connectivity index (χ4n) is 3.18. The summed E-state index contributed by atoms with van der Waals surface area (Å²) in [5.74, 6) is 2.51. The molecule has 4 nitrogen and oxygen atoms in total. The molecule has 1 aliphatic heterocycles. The number of nitrogens with zero attached hydrogens (tertiary/aromatic N) is 2. The van der Waals surface area contributed by atoms with Crippen molar-refractivity contribution in [3.63, 3.8) is 0 Å². The van der Waals surface area contributed by atoms with E-state index < -0.39 is 0 Å². The van der Waals surface area contributed by atoms with Gasteiger partial charge in [0.1, 0.15) is 11.6 Å². The number of methoxy groups -OCH3 is 1. The van der Waals surface area contributed by atoms with Gasteiger partial charge in [-0.25, -0.2) is 4.98 Å². The normalized spacial score (nSPS) is 22.4. The molecule has 0 radical (unpaired) electrons. The molecule has 2 aromatic rings. The molecule has 2 atom stereocenters. The summed E-state index contributed by atoms with van der Waals surface area (Å²) < 4.78 is 5.45. The van der Waals surface area contributed by atoms with Crippen molar-refractivity contribution in [2.45, 2.75) is 19.4 Å². The summed E-state index contributed by atoms with van der Waals surface area (Å²) in [6.07, 6.45) is 3.00. The van der Waals surface area contributed by atoms with E-state index in [1.165, 1.54) is 0 Å². The van der Waals surface area contributed by atoms with Crippen molar-refractivity contribution in [2.24, 2.45) is 11.7 Å². The Hall–Kier alpha value is -1.81. The van der Waals surface area contributed by atoms with Gasteiger partial charge in [-0.3, -0.25) is 0 Å². The van der Waals surface area contributed by atoms with Crippen molar-refractivity contribution in [3.8, 4) is 5.75 Å². The highest BCUT2D eigenvalue weighted by Crippen LogP contribution is 2.35. The average Bonchev–Trinajstić information content (AvgIpc) is 2.87. The molecule has 2 N–H and O–H groups in total. The van der Waals surface area contributed by atoms with Crippen molar-refractivity contribution in [3.05, 3.63) is 30.5 Å². The number of aromatic nitrogens is 1. The van der Waals surface area contributed by atoms with Crippen LogP contribution in [0.2, 0.25) is 0 Å². The van der Waals surface area contributed by atoms with Gasteiger partial charge in [0.25, 0.3) is 0 Å². The van der Waals surface area contributed by atoms with E-state index in [1.54, 1.807) is 7.11 Å². The van der Waals surface area contributed by atoms with Gasteiger partial charge in [0, 0.05) is 29.6 Å². The molecule has 20 heavy (non-hydrogen) atoms. The lowest BCUT2D eigenvalue weighted by Crippen LogP contribution is -2.28. The Morgan fingerprint density at radius 1 is 1.35 bits per heavy atom. The number of anilines is 1. The third-order valence-corrected chi connectivity index (χ3v) is 4.23. The van der Waals surface area contributed by atoms with Gasteiger partial charge in [-0.05, 0) is 37.9 Å². The first-order chi connectivity index (χ1) is 9.74. The zero-order chi connectivity index (χ0) is 14.1. The number of fused-ring (bicyclic) bond motifs is 1. The molecule has 0 aliphatic carbocycles. The van der Waals surface area contributed by atoms with Crippen LogP contribution in [0.25, 0.3) is 10.8 Å². The second kappa shape index (κ2) is 5.29. The van der Waals surface area contributed by atoms with E-state index in [1.807, 2.05) is 24.4 Å². The van der Waals surface area contributed by atoms with Crippen molar-refractivity contribution in [1.82, 2.24) is 4.98 Å². The molecule has 1 saturated heterocycles. The minimum absolute atomic E-state index is 0.479. The number of hydrogen-bond donors (Lipinski definition) is 1. The predicted molar refractivity (Wildman–Crippen MR) is 82.3 cm³/mol. The quantitative estimate of drug-likeness (QED) is 0.931. The van der Waals surface area contributed by atoms with E-state index in [4.69, 9.17) is 10.5 Å². The Morgan fingerprint density at radius 2 is 2.20 bits per heavy atom.